The highest BCUT2D eigenvalue weighted by molar-refractivity contribution is 5.66. The Kier molecular flexibility index (Phi) is 2.18. The number of aliphatic hydroxyl groups is 1. The summed E-state index contributed by atoms with van der Waals surface area (Å²) in [6.45, 7) is 1.44. The first kappa shape index (κ1) is 10.1. The third-order valence-electron chi connectivity index (χ3n) is 4.16. The largest absolute Gasteiger partial charge is 0.458 e. The predicted octanol–water partition coefficient (Wildman–Crippen LogP) is 1.29. The highest BCUT2D eigenvalue weighted by Gasteiger charge is 2.52. The van der Waals surface area contributed by atoms with Gasteiger partial charge in [-0.3, -0.25) is 4.79 Å². The molecule has 0 aromatic rings. The van der Waals surface area contributed by atoms with Crippen LogP contribution in [0.2, 0.25) is 0 Å². The average Bonchev–Trinajstić information content (AvgIpc) is 2.82. The summed E-state index contributed by atoms with van der Waals surface area (Å²) in [5.74, 6) is 1.21. The minimum atomic E-state index is -0.378. The van der Waals surface area contributed by atoms with Gasteiger partial charge in [0.2, 0.25) is 0 Å². The third kappa shape index (κ3) is 1.34. The second-order valence-electron chi connectivity index (χ2n) is 5.05. The van der Waals surface area contributed by atoms with Crippen LogP contribution >= 0.6 is 0 Å². The Hall–Kier alpha value is -1.09. The number of allylic oxidation sites excluding steroid dienone is 2. The third-order valence-corrected chi connectivity index (χ3v) is 4.16. The summed E-state index contributed by atoms with van der Waals surface area (Å²) in [7, 11) is 0. The van der Waals surface area contributed by atoms with Crippen molar-refractivity contribution in [2.24, 2.45) is 23.7 Å². The molecule has 0 unspecified atom stereocenters. The summed E-state index contributed by atoms with van der Waals surface area (Å²) in [4.78, 5) is 11.1. The van der Waals surface area contributed by atoms with Crippen molar-refractivity contribution in [3.05, 3.63) is 24.3 Å². The van der Waals surface area contributed by atoms with Crippen LogP contribution < -0.4 is 0 Å². The molecule has 0 aromatic carbocycles. The molecule has 0 amide bonds. The van der Waals surface area contributed by atoms with Gasteiger partial charge in [-0.1, -0.05) is 18.2 Å². The monoisotopic (exact) mass is 220 g/mol. The van der Waals surface area contributed by atoms with Gasteiger partial charge in [0, 0.05) is 18.8 Å². The molecule has 0 saturated heterocycles. The predicted molar refractivity (Wildman–Crippen MR) is 58.4 cm³/mol. The van der Waals surface area contributed by atoms with Crippen LogP contribution in [0.15, 0.2) is 24.3 Å². The first-order valence-electron chi connectivity index (χ1n) is 5.89. The Morgan fingerprint density at radius 1 is 1.19 bits per heavy atom. The Morgan fingerprint density at radius 2 is 1.88 bits per heavy atom. The van der Waals surface area contributed by atoms with Crippen LogP contribution in [0, 0.1) is 23.7 Å². The van der Waals surface area contributed by atoms with Crippen LogP contribution in [0.4, 0.5) is 0 Å². The van der Waals surface area contributed by atoms with Crippen molar-refractivity contribution in [1.29, 1.82) is 0 Å². The zero-order chi connectivity index (χ0) is 11.3. The number of hydrogen-bond donors (Lipinski definition) is 1. The van der Waals surface area contributed by atoms with E-state index in [1.165, 1.54) is 6.92 Å². The van der Waals surface area contributed by atoms with Crippen LogP contribution in [0.25, 0.3) is 0 Å². The standard InChI is InChI=1S/C13H16O3/c1-7(14)16-11-5-4-10(15)12-8-2-3-9(6-8)13(11)12/h2-5,8-13,15H,6H2,1H3/t8-,9+,10+,11-,12+,13-/m1/s1. The summed E-state index contributed by atoms with van der Waals surface area (Å²) in [6.07, 6.45) is 8.63. The highest BCUT2D eigenvalue weighted by atomic mass is 16.5. The highest BCUT2D eigenvalue weighted by Crippen LogP contribution is 2.53. The first-order valence-corrected chi connectivity index (χ1v) is 5.89. The summed E-state index contributed by atoms with van der Waals surface area (Å²) in [5, 5.41) is 9.99. The maximum absolute atomic E-state index is 11.1. The fourth-order valence-electron chi connectivity index (χ4n) is 3.63. The maximum Gasteiger partial charge on any atom is 0.303 e. The lowest BCUT2D eigenvalue weighted by Crippen LogP contribution is -2.41. The number of hydrogen-bond acceptors (Lipinski definition) is 3. The second kappa shape index (κ2) is 3.45. The van der Waals surface area contributed by atoms with Crippen LogP contribution in [0.5, 0.6) is 0 Å². The molecule has 16 heavy (non-hydrogen) atoms. The molecule has 6 atom stereocenters. The van der Waals surface area contributed by atoms with Crippen LogP contribution in [-0.2, 0) is 9.53 Å². The van der Waals surface area contributed by atoms with Crippen molar-refractivity contribution in [2.75, 3.05) is 0 Å². The Morgan fingerprint density at radius 3 is 2.56 bits per heavy atom. The summed E-state index contributed by atoms with van der Waals surface area (Å²) in [5.41, 5.74) is 0. The molecule has 0 heterocycles. The van der Waals surface area contributed by atoms with E-state index in [4.69, 9.17) is 4.74 Å². The lowest BCUT2D eigenvalue weighted by molar-refractivity contribution is -0.149. The van der Waals surface area contributed by atoms with Gasteiger partial charge in [-0.2, -0.15) is 0 Å². The molecular weight excluding hydrogens is 204 g/mol. The summed E-state index contributed by atoms with van der Waals surface area (Å²) >= 11 is 0. The molecule has 0 aromatic heterocycles. The molecule has 3 aliphatic rings. The smallest absolute Gasteiger partial charge is 0.303 e. The van der Waals surface area contributed by atoms with Crippen molar-refractivity contribution in [1.82, 2.24) is 0 Å². The molecule has 0 radical (unpaired) electrons. The Bertz CT molecular complexity index is 371. The van der Waals surface area contributed by atoms with Gasteiger partial charge >= 0.3 is 5.97 Å². The lowest BCUT2D eigenvalue weighted by atomic mass is 9.73. The SMILES string of the molecule is CC(=O)O[C@@H]1C=C[C@H](O)[C@H]2[C@@H]1[C@H]1C=C[C@@H]2C1. The number of carbonyl (C=O) groups is 1. The minimum Gasteiger partial charge on any atom is -0.458 e. The molecular formula is C13H16O3. The van der Waals surface area contributed by atoms with Crippen LogP contribution in [-0.4, -0.2) is 23.3 Å². The van der Waals surface area contributed by atoms with Crippen molar-refractivity contribution >= 4 is 5.97 Å². The Labute approximate surface area is 94.8 Å². The number of carbonyl (C=O) groups excluding carboxylic acids is 1. The van der Waals surface area contributed by atoms with Crippen LogP contribution in [0.1, 0.15) is 13.3 Å². The number of ether oxygens (including phenoxy) is 1. The molecule has 3 rings (SSSR count). The van der Waals surface area contributed by atoms with Gasteiger partial charge in [-0.25, -0.2) is 0 Å². The van der Waals surface area contributed by atoms with E-state index in [9.17, 15) is 9.90 Å². The maximum atomic E-state index is 11.1. The van der Waals surface area contributed by atoms with Gasteiger partial charge in [0.15, 0.2) is 0 Å². The van der Waals surface area contributed by atoms with E-state index in [1.807, 2.05) is 6.08 Å². The number of fused-ring (bicyclic) bond motifs is 5. The van der Waals surface area contributed by atoms with Gasteiger partial charge in [-0.05, 0) is 24.3 Å². The quantitative estimate of drug-likeness (QED) is 0.535. The Balaban J connectivity index is 1.89. The van der Waals surface area contributed by atoms with Gasteiger partial charge in [0.05, 0.1) is 6.10 Å². The van der Waals surface area contributed by atoms with Gasteiger partial charge in [-0.15, -0.1) is 0 Å². The summed E-state index contributed by atoms with van der Waals surface area (Å²) in [6, 6.07) is 0. The fraction of sp³-hybridized carbons (Fsp3) is 0.615. The van der Waals surface area contributed by atoms with E-state index in [-0.39, 0.29) is 30.0 Å². The zero-order valence-electron chi connectivity index (χ0n) is 9.24. The van der Waals surface area contributed by atoms with E-state index in [0.717, 1.165) is 6.42 Å². The molecule has 0 spiro atoms. The average molecular weight is 220 g/mol. The van der Waals surface area contributed by atoms with E-state index < -0.39 is 0 Å². The van der Waals surface area contributed by atoms with E-state index >= 15 is 0 Å². The van der Waals surface area contributed by atoms with Gasteiger partial charge in [0.25, 0.3) is 0 Å². The van der Waals surface area contributed by atoms with Crippen molar-refractivity contribution in [3.63, 3.8) is 0 Å². The lowest BCUT2D eigenvalue weighted by Gasteiger charge is -2.37. The van der Waals surface area contributed by atoms with Crippen molar-refractivity contribution in [2.45, 2.75) is 25.6 Å². The molecule has 1 N–H and O–H groups in total. The first-order chi connectivity index (χ1) is 7.66. The molecule has 1 saturated carbocycles. The number of esters is 1. The molecule has 3 aliphatic carbocycles. The molecule has 3 nitrogen and oxygen atoms in total. The van der Waals surface area contributed by atoms with Crippen molar-refractivity contribution < 1.29 is 14.6 Å². The fourth-order valence-corrected chi connectivity index (χ4v) is 3.63. The number of aliphatic hydroxyl groups excluding tert-OH is 1. The van der Waals surface area contributed by atoms with Gasteiger partial charge < -0.3 is 9.84 Å². The zero-order valence-corrected chi connectivity index (χ0v) is 9.24. The normalized spacial score (nSPS) is 48.1. The second-order valence-corrected chi connectivity index (χ2v) is 5.05. The van der Waals surface area contributed by atoms with Gasteiger partial charge in [0.1, 0.15) is 6.10 Å². The van der Waals surface area contributed by atoms with E-state index in [2.05, 4.69) is 12.2 Å². The van der Waals surface area contributed by atoms with Crippen LogP contribution in [0.3, 0.4) is 0 Å². The van der Waals surface area contributed by atoms with Crippen molar-refractivity contribution in [3.8, 4) is 0 Å². The molecule has 3 heteroatoms. The minimum absolute atomic E-state index is 0.147. The molecule has 0 aliphatic heterocycles. The molecule has 2 bridgehead atoms. The molecule has 1 fully saturated rings. The molecule has 86 valence electrons. The van der Waals surface area contributed by atoms with E-state index in [1.54, 1.807) is 6.08 Å². The number of rotatable bonds is 1. The summed E-state index contributed by atoms with van der Waals surface area (Å²) < 4.78 is 5.34. The topological polar surface area (TPSA) is 46.5 Å². The van der Waals surface area contributed by atoms with E-state index in [0.29, 0.717) is 11.8 Å².